The fourth-order valence-electron chi connectivity index (χ4n) is 4.97. The van der Waals surface area contributed by atoms with E-state index in [1.807, 2.05) is 46.7 Å². The van der Waals surface area contributed by atoms with E-state index in [0.29, 0.717) is 43.0 Å². The van der Waals surface area contributed by atoms with E-state index in [4.69, 9.17) is 5.73 Å². The standard InChI is InChI=1S/C27H28N4O3S/c1-18(32)30-16-27(17-30)12-2-5-25(33)31(27)15-19-6-8-20(9-7-19)26(34)29-23-14-21(10-11-22(23)28)24-4-3-13-35-24/h3-4,6-11,13-14H,2,5,12,15-17,28H2,1H3,(H,29,34). The van der Waals surface area contributed by atoms with Crippen molar-refractivity contribution < 1.29 is 14.4 Å². The van der Waals surface area contributed by atoms with E-state index in [9.17, 15) is 14.4 Å². The molecule has 3 amide bonds. The van der Waals surface area contributed by atoms with Crippen LogP contribution in [0.15, 0.2) is 60.0 Å². The van der Waals surface area contributed by atoms with E-state index >= 15 is 0 Å². The van der Waals surface area contributed by atoms with Crippen LogP contribution in [0.2, 0.25) is 0 Å². The number of likely N-dealkylation sites (tertiary alicyclic amines) is 2. The summed E-state index contributed by atoms with van der Waals surface area (Å²) >= 11 is 1.63. The summed E-state index contributed by atoms with van der Waals surface area (Å²) in [6.07, 6.45) is 2.31. The van der Waals surface area contributed by atoms with Crippen molar-refractivity contribution in [2.75, 3.05) is 24.1 Å². The van der Waals surface area contributed by atoms with Crippen LogP contribution in [0.25, 0.3) is 10.4 Å². The van der Waals surface area contributed by atoms with Gasteiger partial charge in [-0.1, -0.05) is 24.3 Å². The van der Waals surface area contributed by atoms with E-state index in [1.165, 1.54) is 0 Å². The van der Waals surface area contributed by atoms with Crippen molar-refractivity contribution >= 4 is 40.4 Å². The summed E-state index contributed by atoms with van der Waals surface area (Å²) in [5, 5.41) is 4.93. The third-order valence-electron chi connectivity index (χ3n) is 6.99. The highest BCUT2D eigenvalue weighted by Gasteiger charge is 2.51. The lowest BCUT2D eigenvalue weighted by atomic mass is 9.79. The Balaban J connectivity index is 1.28. The summed E-state index contributed by atoms with van der Waals surface area (Å²) in [7, 11) is 0. The molecule has 8 heteroatoms. The number of benzene rings is 2. The first kappa shape index (κ1) is 23.1. The molecule has 2 aromatic carbocycles. The average molecular weight is 489 g/mol. The second-order valence-corrected chi connectivity index (χ2v) is 10.3. The Kier molecular flexibility index (Phi) is 6.06. The van der Waals surface area contributed by atoms with Gasteiger partial charge in [0.25, 0.3) is 5.91 Å². The maximum atomic E-state index is 12.9. The van der Waals surface area contributed by atoms with Crippen molar-refractivity contribution in [2.24, 2.45) is 0 Å². The van der Waals surface area contributed by atoms with E-state index in [0.717, 1.165) is 28.8 Å². The van der Waals surface area contributed by atoms with Crippen molar-refractivity contribution in [3.8, 4) is 10.4 Å². The quantitative estimate of drug-likeness (QED) is 0.522. The Morgan fingerprint density at radius 1 is 1.11 bits per heavy atom. The van der Waals surface area contributed by atoms with Gasteiger partial charge in [-0.05, 0) is 59.7 Å². The predicted octanol–water partition coefficient (Wildman–Crippen LogP) is 4.36. The monoisotopic (exact) mass is 488 g/mol. The highest BCUT2D eigenvalue weighted by Crippen LogP contribution is 2.38. The number of nitrogen functional groups attached to an aromatic ring is 1. The molecule has 180 valence electrons. The third kappa shape index (κ3) is 4.53. The fraction of sp³-hybridized carbons (Fsp3) is 0.296. The largest absolute Gasteiger partial charge is 0.397 e. The van der Waals surface area contributed by atoms with Crippen LogP contribution in [0, 0.1) is 0 Å². The molecular weight excluding hydrogens is 460 g/mol. The predicted molar refractivity (Wildman–Crippen MR) is 138 cm³/mol. The number of piperidine rings is 1. The van der Waals surface area contributed by atoms with Gasteiger partial charge in [0.1, 0.15) is 0 Å². The molecule has 2 aliphatic heterocycles. The minimum Gasteiger partial charge on any atom is -0.397 e. The lowest BCUT2D eigenvalue weighted by Crippen LogP contribution is -2.72. The van der Waals surface area contributed by atoms with Crippen molar-refractivity contribution in [2.45, 2.75) is 38.3 Å². The zero-order valence-electron chi connectivity index (χ0n) is 19.6. The molecule has 0 bridgehead atoms. The fourth-order valence-corrected chi connectivity index (χ4v) is 5.70. The molecule has 5 rings (SSSR count). The van der Waals surface area contributed by atoms with Crippen LogP contribution < -0.4 is 11.1 Å². The number of nitrogens with one attached hydrogen (secondary N) is 1. The topological polar surface area (TPSA) is 95.7 Å². The Labute approximate surface area is 208 Å². The summed E-state index contributed by atoms with van der Waals surface area (Å²) in [6.45, 7) is 3.24. The second-order valence-electron chi connectivity index (χ2n) is 9.36. The number of carbonyl (C=O) groups is 3. The van der Waals surface area contributed by atoms with Crippen molar-refractivity contribution in [1.29, 1.82) is 0 Å². The summed E-state index contributed by atoms with van der Waals surface area (Å²) in [5.74, 6) is -0.0684. The number of anilines is 2. The molecule has 7 nitrogen and oxygen atoms in total. The molecule has 35 heavy (non-hydrogen) atoms. The highest BCUT2D eigenvalue weighted by molar-refractivity contribution is 7.13. The van der Waals surface area contributed by atoms with Crippen LogP contribution in [0.5, 0.6) is 0 Å². The van der Waals surface area contributed by atoms with Gasteiger partial charge in [0.2, 0.25) is 11.8 Å². The minimum absolute atomic E-state index is 0.0468. The Hall–Kier alpha value is -3.65. The number of rotatable bonds is 5. The molecule has 0 atom stereocenters. The van der Waals surface area contributed by atoms with E-state index < -0.39 is 0 Å². The maximum absolute atomic E-state index is 12.9. The molecule has 0 saturated carbocycles. The first-order chi connectivity index (χ1) is 16.8. The van der Waals surface area contributed by atoms with Gasteiger partial charge in [-0.25, -0.2) is 0 Å². The Bertz CT molecular complexity index is 1260. The van der Waals surface area contributed by atoms with Crippen molar-refractivity contribution in [3.63, 3.8) is 0 Å². The summed E-state index contributed by atoms with van der Waals surface area (Å²) in [4.78, 5) is 42.2. The summed E-state index contributed by atoms with van der Waals surface area (Å²) in [6, 6.07) is 17.0. The van der Waals surface area contributed by atoms with E-state index in [1.54, 1.807) is 41.4 Å². The van der Waals surface area contributed by atoms with Gasteiger partial charge in [0.15, 0.2) is 0 Å². The average Bonchev–Trinajstić information content (AvgIpc) is 3.35. The lowest BCUT2D eigenvalue weighted by molar-refractivity contribution is -0.163. The maximum Gasteiger partial charge on any atom is 0.255 e. The SMILES string of the molecule is CC(=O)N1CC2(CCCC(=O)N2Cc2ccc(C(=O)Nc3cc(-c4cccs4)ccc3N)cc2)C1. The molecule has 0 unspecified atom stereocenters. The molecule has 3 aromatic rings. The molecule has 2 saturated heterocycles. The molecule has 0 radical (unpaired) electrons. The number of nitrogens with two attached hydrogens (primary N) is 1. The number of amides is 3. The van der Waals surface area contributed by atoms with Crippen LogP contribution in [0.3, 0.4) is 0 Å². The van der Waals surface area contributed by atoms with Crippen LogP contribution in [-0.2, 0) is 16.1 Å². The van der Waals surface area contributed by atoms with Gasteiger partial charge in [-0.2, -0.15) is 0 Å². The minimum atomic E-state index is -0.262. The van der Waals surface area contributed by atoms with Gasteiger partial charge in [0, 0.05) is 43.4 Å². The van der Waals surface area contributed by atoms with Crippen LogP contribution in [-0.4, -0.2) is 46.1 Å². The van der Waals surface area contributed by atoms with Gasteiger partial charge in [-0.15, -0.1) is 11.3 Å². The molecule has 2 fully saturated rings. The summed E-state index contributed by atoms with van der Waals surface area (Å²) < 4.78 is 0. The van der Waals surface area contributed by atoms with Crippen LogP contribution >= 0.6 is 11.3 Å². The zero-order valence-corrected chi connectivity index (χ0v) is 20.4. The van der Waals surface area contributed by atoms with Crippen molar-refractivity contribution in [3.05, 3.63) is 71.1 Å². The highest BCUT2D eigenvalue weighted by atomic mass is 32.1. The van der Waals surface area contributed by atoms with Crippen LogP contribution in [0.4, 0.5) is 11.4 Å². The zero-order chi connectivity index (χ0) is 24.6. The first-order valence-electron chi connectivity index (χ1n) is 11.7. The number of nitrogens with zero attached hydrogens (tertiary/aromatic N) is 2. The Morgan fingerprint density at radius 2 is 1.89 bits per heavy atom. The van der Waals surface area contributed by atoms with Gasteiger partial charge in [0.05, 0.1) is 16.9 Å². The van der Waals surface area contributed by atoms with Crippen LogP contribution in [0.1, 0.15) is 42.1 Å². The molecule has 3 heterocycles. The normalized spacial score (nSPS) is 16.8. The van der Waals surface area contributed by atoms with E-state index in [2.05, 4.69) is 5.32 Å². The smallest absolute Gasteiger partial charge is 0.255 e. The van der Waals surface area contributed by atoms with Gasteiger partial charge in [-0.3, -0.25) is 14.4 Å². The van der Waals surface area contributed by atoms with Gasteiger partial charge < -0.3 is 20.9 Å². The molecule has 0 aliphatic carbocycles. The van der Waals surface area contributed by atoms with E-state index in [-0.39, 0.29) is 23.3 Å². The number of carbonyl (C=O) groups excluding carboxylic acids is 3. The first-order valence-corrected chi connectivity index (χ1v) is 12.6. The summed E-state index contributed by atoms with van der Waals surface area (Å²) in [5.41, 5.74) is 9.40. The molecular formula is C27H28N4O3S. The lowest BCUT2D eigenvalue weighted by Gasteiger charge is -2.57. The third-order valence-corrected chi connectivity index (χ3v) is 7.91. The molecule has 2 aliphatic rings. The molecule has 1 aromatic heterocycles. The number of hydrogen-bond acceptors (Lipinski definition) is 5. The number of hydrogen-bond donors (Lipinski definition) is 2. The molecule has 1 spiro atoms. The van der Waals surface area contributed by atoms with Gasteiger partial charge >= 0.3 is 0 Å². The van der Waals surface area contributed by atoms with Crippen molar-refractivity contribution in [1.82, 2.24) is 9.80 Å². The molecule has 3 N–H and O–H groups in total. The Morgan fingerprint density at radius 3 is 2.57 bits per heavy atom. The number of thiophene rings is 1. The second kappa shape index (κ2) is 9.19.